The second kappa shape index (κ2) is 3.79. The Labute approximate surface area is 116 Å². The van der Waals surface area contributed by atoms with Crippen LogP contribution in [-0.4, -0.2) is 22.9 Å². The predicted molar refractivity (Wildman–Crippen MR) is 75.7 cm³/mol. The molecule has 5 heteroatoms. The summed E-state index contributed by atoms with van der Waals surface area (Å²) in [6, 6.07) is 5.92. The molecule has 100 valence electrons. The van der Waals surface area contributed by atoms with Gasteiger partial charge < -0.3 is 10.6 Å². The minimum absolute atomic E-state index is 0.0495. The number of fused-ring (bicyclic) bond motifs is 3. The summed E-state index contributed by atoms with van der Waals surface area (Å²) in [6.45, 7) is 0. The minimum atomic E-state index is -0.500. The number of amides is 1. The lowest BCUT2D eigenvalue weighted by Gasteiger charge is -2.20. The Balaban J connectivity index is 1.83. The highest BCUT2D eigenvalue weighted by atomic mass is 16.2. The molecule has 2 aliphatic rings. The molecular weight excluding hydrogens is 252 g/mol. The quantitative estimate of drug-likeness (QED) is 0.821. The highest BCUT2D eigenvalue weighted by Gasteiger charge is 2.51. The summed E-state index contributed by atoms with van der Waals surface area (Å²) in [6.07, 6.45) is 4.99. The largest absolute Gasteiger partial charge is 0.373 e. The number of hydrogen-bond acceptors (Lipinski definition) is 4. The summed E-state index contributed by atoms with van der Waals surface area (Å²) in [4.78, 5) is 21.1. The number of nitrogens with zero attached hydrogens (tertiary/aromatic N) is 2. The van der Waals surface area contributed by atoms with Gasteiger partial charge in [-0.1, -0.05) is 6.07 Å². The number of nitrogens with one attached hydrogen (secondary N) is 2. The average molecular weight is 266 g/mol. The second-order valence-corrected chi connectivity index (χ2v) is 5.38. The Bertz CT molecular complexity index is 728. The fourth-order valence-electron chi connectivity index (χ4n) is 3.29. The lowest BCUT2D eigenvalue weighted by atomic mass is 9.79. The summed E-state index contributed by atoms with van der Waals surface area (Å²) in [5.41, 5.74) is 2.85. The zero-order valence-electron chi connectivity index (χ0n) is 11.1. The van der Waals surface area contributed by atoms with E-state index in [1.165, 1.54) is 5.56 Å². The van der Waals surface area contributed by atoms with E-state index in [1.807, 2.05) is 31.4 Å². The molecule has 1 atom stereocenters. The number of aromatic nitrogens is 2. The van der Waals surface area contributed by atoms with E-state index >= 15 is 0 Å². The summed E-state index contributed by atoms with van der Waals surface area (Å²) in [5.74, 6) is 1.59. The van der Waals surface area contributed by atoms with Crippen LogP contribution in [0.3, 0.4) is 0 Å². The number of hydrogen-bond donors (Lipinski definition) is 2. The van der Waals surface area contributed by atoms with Crippen LogP contribution in [-0.2, 0) is 23.1 Å². The molecule has 0 unspecified atom stereocenters. The first-order chi connectivity index (χ1) is 9.73. The van der Waals surface area contributed by atoms with Crippen LogP contribution in [0, 0.1) is 0 Å². The number of carbonyl (C=O) groups excluding carboxylic acids is 1. The van der Waals surface area contributed by atoms with Gasteiger partial charge in [0.2, 0.25) is 5.91 Å². The van der Waals surface area contributed by atoms with Gasteiger partial charge in [-0.2, -0.15) is 0 Å². The molecule has 1 aliphatic carbocycles. The molecule has 0 fully saturated rings. The van der Waals surface area contributed by atoms with E-state index < -0.39 is 5.41 Å². The maximum atomic E-state index is 12.5. The van der Waals surface area contributed by atoms with Gasteiger partial charge in [0.05, 0.1) is 5.41 Å². The van der Waals surface area contributed by atoms with Crippen molar-refractivity contribution >= 4 is 17.5 Å². The molecule has 1 aliphatic heterocycles. The van der Waals surface area contributed by atoms with E-state index in [0.717, 1.165) is 16.9 Å². The molecule has 1 amide bonds. The van der Waals surface area contributed by atoms with Gasteiger partial charge in [-0.25, -0.2) is 9.97 Å². The van der Waals surface area contributed by atoms with Gasteiger partial charge in [0.25, 0.3) is 0 Å². The van der Waals surface area contributed by atoms with Crippen LogP contribution in [0.5, 0.6) is 0 Å². The van der Waals surface area contributed by atoms with Crippen LogP contribution >= 0.6 is 0 Å². The summed E-state index contributed by atoms with van der Waals surface area (Å²) < 4.78 is 0. The molecule has 2 aromatic rings. The first-order valence-corrected chi connectivity index (χ1v) is 6.65. The van der Waals surface area contributed by atoms with Gasteiger partial charge >= 0.3 is 0 Å². The van der Waals surface area contributed by atoms with Gasteiger partial charge in [0.15, 0.2) is 0 Å². The Hall–Kier alpha value is -2.43. The molecule has 0 bridgehead atoms. The average Bonchev–Trinajstić information content (AvgIpc) is 2.98. The van der Waals surface area contributed by atoms with Crippen molar-refractivity contribution in [2.24, 2.45) is 0 Å². The minimum Gasteiger partial charge on any atom is -0.373 e. The van der Waals surface area contributed by atoms with Crippen molar-refractivity contribution in [3.05, 3.63) is 47.3 Å². The highest BCUT2D eigenvalue weighted by Crippen LogP contribution is 2.46. The Morgan fingerprint density at radius 2 is 2.15 bits per heavy atom. The summed E-state index contributed by atoms with van der Waals surface area (Å²) in [7, 11) is 1.85. The van der Waals surface area contributed by atoms with Crippen LogP contribution in [0.1, 0.15) is 16.7 Å². The first-order valence-electron chi connectivity index (χ1n) is 6.65. The maximum Gasteiger partial charge on any atom is 0.237 e. The molecule has 0 radical (unpaired) electrons. The van der Waals surface area contributed by atoms with Crippen LogP contribution in [0.25, 0.3) is 0 Å². The molecule has 5 nitrogen and oxygen atoms in total. The molecule has 20 heavy (non-hydrogen) atoms. The van der Waals surface area contributed by atoms with E-state index in [1.54, 1.807) is 6.20 Å². The smallest absolute Gasteiger partial charge is 0.237 e. The zero-order chi connectivity index (χ0) is 13.7. The van der Waals surface area contributed by atoms with Crippen LogP contribution in [0.2, 0.25) is 0 Å². The van der Waals surface area contributed by atoms with E-state index in [2.05, 4.69) is 20.6 Å². The lowest BCUT2D eigenvalue weighted by molar-refractivity contribution is -0.120. The van der Waals surface area contributed by atoms with E-state index in [-0.39, 0.29) is 5.91 Å². The molecule has 0 aromatic carbocycles. The molecule has 2 aromatic heterocycles. The Morgan fingerprint density at radius 3 is 3.00 bits per heavy atom. The van der Waals surface area contributed by atoms with Gasteiger partial charge in [0, 0.05) is 25.0 Å². The molecule has 0 saturated heterocycles. The number of pyridine rings is 2. The fraction of sp³-hybridized carbons (Fsp3) is 0.267. The van der Waals surface area contributed by atoms with E-state index in [9.17, 15) is 4.79 Å². The van der Waals surface area contributed by atoms with Gasteiger partial charge in [0.1, 0.15) is 11.6 Å². The van der Waals surface area contributed by atoms with Gasteiger partial charge in [-0.15, -0.1) is 0 Å². The van der Waals surface area contributed by atoms with Crippen molar-refractivity contribution in [3.8, 4) is 0 Å². The molecule has 3 heterocycles. The Kier molecular flexibility index (Phi) is 2.16. The topological polar surface area (TPSA) is 66.9 Å². The van der Waals surface area contributed by atoms with Crippen molar-refractivity contribution in [2.75, 3.05) is 17.7 Å². The van der Waals surface area contributed by atoms with Crippen molar-refractivity contribution < 1.29 is 4.79 Å². The number of rotatable bonds is 1. The van der Waals surface area contributed by atoms with E-state index in [0.29, 0.717) is 18.7 Å². The third-order valence-electron chi connectivity index (χ3n) is 4.31. The van der Waals surface area contributed by atoms with Crippen LogP contribution < -0.4 is 10.6 Å². The van der Waals surface area contributed by atoms with Gasteiger partial charge in [-0.3, -0.25) is 4.79 Å². The number of anilines is 2. The molecule has 0 saturated carbocycles. The summed E-state index contributed by atoms with van der Waals surface area (Å²) >= 11 is 0. The predicted octanol–water partition coefficient (Wildman–Crippen LogP) is 1.51. The zero-order valence-corrected chi connectivity index (χ0v) is 11.1. The second-order valence-electron chi connectivity index (χ2n) is 5.38. The SMILES string of the molecule is CNc1cc2c(cn1)C[C@]1(C2)C(=O)Nc2ncccc21. The molecular formula is C15H14N4O. The van der Waals surface area contributed by atoms with Crippen LogP contribution in [0.15, 0.2) is 30.6 Å². The summed E-state index contributed by atoms with van der Waals surface area (Å²) in [5, 5.41) is 5.95. The Morgan fingerprint density at radius 1 is 1.30 bits per heavy atom. The standard InChI is InChI=1S/C15H14N4O/c1-16-12-5-9-6-15(7-10(9)8-18-12)11-3-2-4-17-13(11)19-14(15)20/h2-5,8H,6-7H2,1H3,(H,16,18)(H,17,19,20)/t15-/m0/s1. The van der Waals surface area contributed by atoms with Crippen molar-refractivity contribution in [3.63, 3.8) is 0 Å². The highest BCUT2D eigenvalue weighted by molar-refractivity contribution is 6.06. The van der Waals surface area contributed by atoms with Crippen molar-refractivity contribution in [1.82, 2.24) is 9.97 Å². The normalized spacial score (nSPS) is 22.6. The monoisotopic (exact) mass is 266 g/mol. The molecule has 2 N–H and O–H groups in total. The third kappa shape index (κ3) is 1.35. The van der Waals surface area contributed by atoms with Crippen molar-refractivity contribution in [2.45, 2.75) is 18.3 Å². The fourth-order valence-corrected chi connectivity index (χ4v) is 3.29. The van der Waals surface area contributed by atoms with Crippen molar-refractivity contribution in [1.29, 1.82) is 0 Å². The third-order valence-corrected chi connectivity index (χ3v) is 4.31. The maximum absolute atomic E-state index is 12.5. The van der Waals surface area contributed by atoms with Crippen LogP contribution in [0.4, 0.5) is 11.6 Å². The molecule has 4 rings (SSSR count). The van der Waals surface area contributed by atoms with E-state index in [4.69, 9.17) is 0 Å². The van der Waals surface area contributed by atoms with Gasteiger partial charge in [-0.05, 0) is 36.1 Å². The lowest BCUT2D eigenvalue weighted by Crippen LogP contribution is -2.35. The molecule has 1 spiro atoms. The number of carbonyl (C=O) groups is 1. The first kappa shape index (κ1) is 11.4.